The van der Waals surface area contributed by atoms with Crippen LogP contribution >= 0.6 is 11.3 Å². The Hall–Kier alpha value is -3.44. The van der Waals surface area contributed by atoms with Crippen LogP contribution in [0.1, 0.15) is 27.7 Å². The van der Waals surface area contributed by atoms with Crippen LogP contribution in [0, 0.1) is 0 Å². The quantitative estimate of drug-likeness (QED) is 0.162. The summed E-state index contributed by atoms with van der Waals surface area (Å²) in [5, 5.41) is 13.0. The van der Waals surface area contributed by atoms with Gasteiger partial charge in [-0.15, -0.1) is 11.3 Å². The molecule has 1 fully saturated rings. The minimum atomic E-state index is -0.378. The van der Waals surface area contributed by atoms with Gasteiger partial charge in [-0.1, -0.05) is 72.8 Å². The molecule has 7 aromatic rings. The number of rotatable bonds is 1. The van der Waals surface area contributed by atoms with Crippen LogP contribution in [0.2, 0.25) is 0 Å². The molecule has 1 saturated heterocycles. The van der Waals surface area contributed by atoms with Crippen LogP contribution in [0.25, 0.3) is 63.3 Å². The molecule has 38 heavy (non-hydrogen) atoms. The molecular formula is C34H27BO2S. The van der Waals surface area contributed by atoms with Crippen LogP contribution in [0.15, 0.2) is 91.0 Å². The highest BCUT2D eigenvalue weighted by Gasteiger charge is 2.51. The van der Waals surface area contributed by atoms with Crippen molar-refractivity contribution < 1.29 is 9.31 Å². The van der Waals surface area contributed by atoms with Crippen LogP contribution < -0.4 is 5.46 Å². The molecule has 2 heterocycles. The summed E-state index contributed by atoms with van der Waals surface area (Å²) in [6, 6.07) is 33.6. The molecule has 0 amide bonds. The van der Waals surface area contributed by atoms with Crippen LogP contribution in [0.3, 0.4) is 0 Å². The monoisotopic (exact) mass is 510 g/mol. The fourth-order valence-corrected chi connectivity index (χ4v) is 7.28. The lowest BCUT2D eigenvalue weighted by atomic mass is 9.77. The minimum Gasteiger partial charge on any atom is -0.399 e. The lowest BCUT2D eigenvalue weighted by Crippen LogP contribution is -2.41. The number of fused-ring (bicyclic) bond motifs is 11. The summed E-state index contributed by atoms with van der Waals surface area (Å²) in [5.41, 5.74) is 0.333. The molecule has 1 aromatic heterocycles. The van der Waals surface area contributed by atoms with Gasteiger partial charge in [0.15, 0.2) is 0 Å². The van der Waals surface area contributed by atoms with Gasteiger partial charge in [-0.2, -0.15) is 0 Å². The standard InChI is InChI=1S/C34H27BO2S/c1-33(2)34(3,4)37-35(36-33)21-14-15-25-26(17-21)23-11-7-8-12-24(23)27-18-29-31(19-28(25)27)38-30-16-13-20-9-5-6-10-22(20)32(29)30/h5-19H,1-4H3. The molecule has 0 N–H and O–H groups in total. The first-order chi connectivity index (χ1) is 18.3. The summed E-state index contributed by atoms with van der Waals surface area (Å²) >= 11 is 1.89. The van der Waals surface area contributed by atoms with Crippen molar-refractivity contribution in [2.45, 2.75) is 38.9 Å². The normalized spacial score (nSPS) is 17.1. The van der Waals surface area contributed by atoms with Crippen molar-refractivity contribution in [3.63, 3.8) is 0 Å². The van der Waals surface area contributed by atoms with E-state index >= 15 is 0 Å². The zero-order chi connectivity index (χ0) is 25.8. The Morgan fingerprint density at radius 3 is 1.87 bits per heavy atom. The molecule has 0 atom stereocenters. The molecule has 0 unspecified atom stereocenters. The van der Waals surface area contributed by atoms with Crippen LogP contribution in [0.5, 0.6) is 0 Å². The predicted molar refractivity (Wildman–Crippen MR) is 165 cm³/mol. The summed E-state index contributed by atoms with van der Waals surface area (Å²) in [6.07, 6.45) is 0. The number of hydrogen-bond acceptors (Lipinski definition) is 3. The second-order valence-corrected chi connectivity index (χ2v) is 12.7. The Kier molecular flexibility index (Phi) is 4.49. The highest BCUT2D eigenvalue weighted by atomic mass is 32.1. The molecule has 0 spiro atoms. The van der Waals surface area contributed by atoms with Gasteiger partial charge in [-0.05, 0) is 94.4 Å². The van der Waals surface area contributed by atoms with E-state index in [2.05, 4.69) is 119 Å². The Bertz CT molecular complexity index is 2090. The van der Waals surface area contributed by atoms with Crippen molar-refractivity contribution in [2.75, 3.05) is 0 Å². The SMILES string of the molecule is CC1(C)OB(c2ccc3c(c2)c2ccccc2c2cc4c(cc32)sc2ccc3ccccc3c24)OC1(C)C. The van der Waals surface area contributed by atoms with Gasteiger partial charge in [-0.3, -0.25) is 0 Å². The summed E-state index contributed by atoms with van der Waals surface area (Å²) in [7, 11) is -0.378. The van der Waals surface area contributed by atoms with Crippen molar-refractivity contribution in [1.29, 1.82) is 0 Å². The molecule has 184 valence electrons. The summed E-state index contributed by atoms with van der Waals surface area (Å²) < 4.78 is 15.5. The first-order valence-electron chi connectivity index (χ1n) is 13.3. The molecule has 0 aliphatic carbocycles. The van der Waals surface area contributed by atoms with Gasteiger partial charge in [0.1, 0.15) is 0 Å². The van der Waals surface area contributed by atoms with E-state index in [0.29, 0.717) is 0 Å². The smallest absolute Gasteiger partial charge is 0.399 e. The molecule has 4 heteroatoms. The summed E-state index contributed by atoms with van der Waals surface area (Å²) in [4.78, 5) is 0. The van der Waals surface area contributed by atoms with E-state index < -0.39 is 0 Å². The summed E-state index contributed by atoms with van der Waals surface area (Å²) in [5.74, 6) is 0. The van der Waals surface area contributed by atoms with Gasteiger partial charge in [0.05, 0.1) is 11.2 Å². The van der Waals surface area contributed by atoms with Gasteiger partial charge in [0.2, 0.25) is 0 Å². The third-order valence-electron chi connectivity index (χ3n) is 8.87. The third kappa shape index (κ3) is 3.03. The molecular weight excluding hydrogens is 483 g/mol. The molecule has 8 rings (SSSR count). The Balaban J connectivity index is 1.44. The zero-order valence-electron chi connectivity index (χ0n) is 22.0. The molecule has 1 aliphatic heterocycles. The predicted octanol–water partition coefficient (Wildman–Crippen LogP) is 8.97. The van der Waals surface area contributed by atoms with Crippen molar-refractivity contribution in [3.8, 4) is 0 Å². The van der Waals surface area contributed by atoms with E-state index in [1.807, 2.05) is 11.3 Å². The third-order valence-corrected chi connectivity index (χ3v) is 9.98. The lowest BCUT2D eigenvalue weighted by molar-refractivity contribution is 0.00578. The molecule has 1 aliphatic rings. The van der Waals surface area contributed by atoms with Crippen LogP contribution in [-0.4, -0.2) is 18.3 Å². The van der Waals surface area contributed by atoms with E-state index in [1.54, 1.807) is 0 Å². The van der Waals surface area contributed by atoms with Crippen LogP contribution in [-0.2, 0) is 9.31 Å². The highest BCUT2D eigenvalue weighted by Crippen LogP contribution is 2.44. The zero-order valence-corrected chi connectivity index (χ0v) is 22.8. The van der Waals surface area contributed by atoms with Gasteiger partial charge in [0, 0.05) is 20.2 Å². The van der Waals surface area contributed by atoms with E-state index in [0.717, 1.165) is 5.46 Å². The minimum absolute atomic E-state index is 0.366. The topological polar surface area (TPSA) is 18.5 Å². The molecule has 0 saturated carbocycles. The van der Waals surface area contributed by atoms with E-state index in [4.69, 9.17) is 9.31 Å². The van der Waals surface area contributed by atoms with Crippen molar-refractivity contribution in [2.24, 2.45) is 0 Å². The Labute approximate surface area is 225 Å². The van der Waals surface area contributed by atoms with Crippen LogP contribution in [0.4, 0.5) is 0 Å². The van der Waals surface area contributed by atoms with Crippen molar-refractivity contribution >= 4 is 87.2 Å². The first kappa shape index (κ1) is 22.5. The van der Waals surface area contributed by atoms with E-state index in [9.17, 15) is 0 Å². The highest BCUT2D eigenvalue weighted by molar-refractivity contribution is 7.26. The maximum Gasteiger partial charge on any atom is 0.494 e. The second kappa shape index (κ2) is 7.57. The fourth-order valence-electron chi connectivity index (χ4n) is 6.14. The molecule has 0 bridgehead atoms. The fraction of sp³-hybridized carbons (Fsp3) is 0.176. The molecule has 6 aromatic carbocycles. The largest absolute Gasteiger partial charge is 0.494 e. The van der Waals surface area contributed by atoms with Crippen molar-refractivity contribution in [3.05, 3.63) is 91.0 Å². The molecule has 0 radical (unpaired) electrons. The Morgan fingerprint density at radius 1 is 0.526 bits per heavy atom. The summed E-state index contributed by atoms with van der Waals surface area (Å²) in [6.45, 7) is 8.43. The number of hydrogen-bond donors (Lipinski definition) is 0. The van der Waals surface area contributed by atoms with Gasteiger partial charge < -0.3 is 9.31 Å². The lowest BCUT2D eigenvalue weighted by Gasteiger charge is -2.32. The Morgan fingerprint density at radius 2 is 1.13 bits per heavy atom. The van der Waals surface area contributed by atoms with Gasteiger partial charge in [0.25, 0.3) is 0 Å². The van der Waals surface area contributed by atoms with E-state index in [1.165, 1.54) is 63.3 Å². The maximum absolute atomic E-state index is 6.40. The van der Waals surface area contributed by atoms with Gasteiger partial charge >= 0.3 is 7.12 Å². The number of thiophene rings is 1. The maximum atomic E-state index is 6.40. The number of benzene rings is 6. The average molecular weight is 510 g/mol. The van der Waals surface area contributed by atoms with Gasteiger partial charge in [-0.25, -0.2) is 0 Å². The molecule has 2 nitrogen and oxygen atoms in total. The van der Waals surface area contributed by atoms with Crippen molar-refractivity contribution in [1.82, 2.24) is 0 Å². The first-order valence-corrected chi connectivity index (χ1v) is 14.1. The van der Waals surface area contributed by atoms with E-state index in [-0.39, 0.29) is 18.3 Å². The average Bonchev–Trinajstić information content (AvgIpc) is 3.39. The second-order valence-electron chi connectivity index (χ2n) is 11.6.